The third-order valence-electron chi connectivity index (χ3n) is 5.10. The van der Waals surface area contributed by atoms with Gasteiger partial charge in [-0.15, -0.1) is 0 Å². The molecule has 3 rings (SSSR count). The van der Waals surface area contributed by atoms with Crippen molar-refractivity contribution in [1.29, 1.82) is 0 Å². The highest BCUT2D eigenvalue weighted by atomic mass is 32.2. The van der Waals surface area contributed by atoms with Gasteiger partial charge in [0.1, 0.15) is 0 Å². The molecule has 0 bridgehead atoms. The molecule has 0 heterocycles. The van der Waals surface area contributed by atoms with Gasteiger partial charge in [0, 0.05) is 0 Å². The van der Waals surface area contributed by atoms with E-state index in [1.165, 1.54) is 48.6 Å². The molecule has 1 aliphatic rings. The lowest BCUT2D eigenvalue weighted by Crippen LogP contribution is -2.36. The second-order valence-electron chi connectivity index (χ2n) is 7.11. The summed E-state index contributed by atoms with van der Waals surface area (Å²) in [5.41, 5.74) is -1.67. The first-order valence-corrected chi connectivity index (χ1v) is 10.8. The molecule has 0 unspecified atom stereocenters. The molecule has 0 amide bonds. The number of benzene rings is 2. The minimum Gasteiger partial charge on any atom is -0.468 e. The predicted molar refractivity (Wildman–Crippen MR) is 112 cm³/mol. The molecule has 0 spiro atoms. The Kier molecular flexibility index (Phi) is 6.22. The lowest BCUT2D eigenvalue weighted by Gasteiger charge is -2.18. The zero-order valence-electron chi connectivity index (χ0n) is 17.3. The first-order valence-electron chi connectivity index (χ1n) is 9.27. The smallest absolute Gasteiger partial charge is 0.416 e. The number of sulfonamides is 1. The number of halogens is 3. The Balaban J connectivity index is 2.22. The van der Waals surface area contributed by atoms with Gasteiger partial charge in [-0.05, 0) is 58.7 Å². The lowest BCUT2D eigenvalue weighted by molar-refractivity contribution is -0.161. The zero-order valence-corrected chi connectivity index (χ0v) is 18.2. The predicted octanol–water partition coefficient (Wildman–Crippen LogP) is 3.17. The van der Waals surface area contributed by atoms with Crippen LogP contribution in [0.15, 0.2) is 65.6 Å². The van der Waals surface area contributed by atoms with E-state index in [1.54, 1.807) is 0 Å². The maximum absolute atomic E-state index is 13.0. The van der Waals surface area contributed by atoms with E-state index >= 15 is 0 Å². The number of ether oxygens (including phenoxy) is 2. The second-order valence-corrected chi connectivity index (χ2v) is 8.67. The normalized spacial score (nSPS) is 15.5. The largest absolute Gasteiger partial charge is 0.468 e. The second kappa shape index (κ2) is 8.49. The molecule has 2 aromatic rings. The number of rotatable bonds is 5. The van der Waals surface area contributed by atoms with Crippen LogP contribution < -0.4 is 5.14 Å². The van der Waals surface area contributed by atoms with E-state index in [-0.39, 0.29) is 21.6 Å². The summed E-state index contributed by atoms with van der Waals surface area (Å²) in [6, 6.07) is 9.39. The minimum absolute atomic E-state index is 0.169. The number of alkyl halides is 3. The van der Waals surface area contributed by atoms with Gasteiger partial charge < -0.3 is 9.47 Å². The van der Waals surface area contributed by atoms with Crippen LogP contribution in [0, 0.1) is 5.41 Å². The van der Waals surface area contributed by atoms with Crippen molar-refractivity contribution in [3.63, 3.8) is 0 Å². The fourth-order valence-electron chi connectivity index (χ4n) is 3.45. The third-order valence-corrected chi connectivity index (χ3v) is 6.03. The van der Waals surface area contributed by atoms with Gasteiger partial charge in [-0.2, -0.15) is 13.2 Å². The number of hydrogen-bond donors (Lipinski definition) is 1. The van der Waals surface area contributed by atoms with Crippen molar-refractivity contribution in [3.8, 4) is 0 Å². The van der Waals surface area contributed by atoms with E-state index in [0.717, 1.165) is 26.4 Å². The number of hydrogen-bond acceptors (Lipinski definition) is 6. The summed E-state index contributed by atoms with van der Waals surface area (Å²) >= 11 is 0. The van der Waals surface area contributed by atoms with Gasteiger partial charge in [-0.25, -0.2) is 13.6 Å². The van der Waals surface area contributed by atoms with Crippen LogP contribution in [-0.4, -0.2) is 34.6 Å². The molecular formula is C22H18F3NO6S. The van der Waals surface area contributed by atoms with E-state index in [1.807, 2.05) is 0 Å². The van der Waals surface area contributed by atoms with Crippen LogP contribution in [0.5, 0.6) is 0 Å². The number of nitrogens with two attached hydrogens (primary N) is 1. The van der Waals surface area contributed by atoms with Crippen LogP contribution in [0.4, 0.5) is 13.2 Å². The van der Waals surface area contributed by atoms with Crippen LogP contribution in [0.3, 0.4) is 0 Å². The Labute approximate surface area is 187 Å². The third kappa shape index (κ3) is 4.55. The fourth-order valence-corrected chi connectivity index (χ4v) is 3.97. The number of methoxy groups -OCH3 is 2. The maximum atomic E-state index is 13.0. The van der Waals surface area contributed by atoms with Gasteiger partial charge in [-0.3, -0.25) is 9.59 Å². The zero-order chi connectivity index (χ0) is 24.6. The maximum Gasteiger partial charge on any atom is 0.416 e. The molecule has 0 atom stereocenters. The highest BCUT2D eigenvalue weighted by molar-refractivity contribution is 7.89. The molecule has 33 heavy (non-hydrogen) atoms. The molecule has 0 fully saturated rings. The highest BCUT2D eigenvalue weighted by Crippen LogP contribution is 2.46. The van der Waals surface area contributed by atoms with Gasteiger partial charge >= 0.3 is 18.1 Å². The van der Waals surface area contributed by atoms with E-state index in [9.17, 15) is 31.2 Å². The average molecular weight is 481 g/mol. The number of esters is 2. The van der Waals surface area contributed by atoms with Crippen molar-refractivity contribution in [3.05, 3.63) is 77.4 Å². The molecule has 2 aromatic carbocycles. The summed E-state index contributed by atoms with van der Waals surface area (Å²) in [4.78, 5) is 25.0. The SMILES string of the molecule is COC(=O)C1(C(=O)OC)C=C(c2ccc(C(F)(F)F)cc2)C(c2ccc(S(N)(=O)=O)cc2)=C1. The van der Waals surface area contributed by atoms with Crippen LogP contribution in [0.2, 0.25) is 0 Å². The molecular weight excluding hydrogens is 463 g/mol. The van der Waals surface area contributed by atoms with Gasteiger partial charge in [-0.1, -0.05) is 24.3 Å². The first kappa shape index (κ1) is 24.2. The molecule has 0 saturated carbocycles. The Hall–Kier alpha value is -3.44. The van der Waals surface area contributed by atoms with Crippen LogP contribution in [-0.2, 0) is 35.3 Å². The van der Waals surface area contributed by atoms with E-state index in [4.69, 9.17) is 14.6 Å². The summed E-state index contributed by atoms with van der Waals surface area (Å²) in [5, 5.41) is 5.12. The van der Waals surface area contributed by atoms with E-state index < -0.39 is 39.1 Å². The van der Waals surface area contributed by atoms with Crippen LogP contribution >= 0.6 is 0 Å². The van der Waals surface area contributed by atoms with Crippen molar-refractivity contribution >= 4 is 33.1 Å². The van der Waals surface area contributed by atoms with Crippen molar-refractivity contribution in [2.24, 2.45) is 10.6 Å². The molecule has 11 heteroatoms. The number of carbonyl (C=O) groups excluding carboxylic acids is 2. The van der Waals surface area contributed by atoms with Crippen LogP contribution in [0.25, 0.3) is 11.1 Å². The molecule has 174 valence electrons. The molecule has 7 nitrogen and oxygen atoms in total. The highest BCUT2D eigenvalue weighted by Gasteiger charge is 2.49. The van der Waals surface area contributed by atoms with Gasteiger partial charge in [0.05, 0.1) is 24.7 Å². The standard InChI is InChI=1S/C22H18F3NO6S/c1-31-19(27)21(20(28)32-2)11-17(13-3-7-15(8-4-13)22(23,24)25)18(12-21)14-5-9-16(10-6-14)33(26,29)30/h3-12H,1-2H3,(H2,26,29,30). The monoisotopic (exact) mass is 481 g/mol. The van der Waals surface area contributed by atoms with E-state index in [2.05, 4.69) is 0 Å². The van der Waals surface area contributed by atoms with Gasteiger partial charge in [0.15, 0.2) is 0 Å². The van der Waals surface area contributed by atoms with Crippen molar-refractivity contribution in [2.45, 2.75) is 11.1 Å². The number of allylic oxidation sites excluding steroid dienone is 2. The van der Waals surface area contributed by atoms with Crippen molar-refractivity contribution < 1.29 is 40.7 Å². The first-order chi connectivity index (χ1) is 15.3. The summed E-state index contributed by atoms with van der Waals surface area (Å²) in [5.74, 6) is -1.93. The Morgan fingerprint density at radius 1 is 0.818 bits per heavy atom. The molecule has 0 aliphatic heterocycles. The van der Waals surface area contributed by atoms with Gasteiger partial charge in [0.25, 0.3) is 0 Å². The molecule has 1 aliphatic carbocycles. The van der Waals surface area contributed by atoms with Gasteiger partial charge in [0.2, 0.25) is 15.4 Å². The number of primary sulfonamides is 1. The Bertz CT molecular complexity index is 1240. The summed E-state index contributed by atoms with van der Waals surface area (Å²) in [6.45, 7) is 0. The molecule has 0 saturated heterocycles. The summed E-state index contributed by atoms with van der Waals surface area (Å²) in [6.07, 6.45) is -2.04. The quantitative estimate of drug-likeness (QED) is 0.519. The molecule has 0 aromatic heterocycles. The minimum atomic E-state index is -4.55. The summed E-state index contributed by atoms with van der Waals surface area (Å²) in [7, 11) is -1.82. The molecule has 0 radical (unpaired) electrons. The Morgan fingerprint density at radius 2 is 1.21 bits per heavy atom. The summed E-state index contributed by atoms with van der Waals surface area (Å²) < 4.78 is 71.7. The number of carbonyl (C=O) groups is 2. The van der Waals surface area contributed by atoms with Crippen molar-refractivity contribution in [1.82, 2.24) is 0 Å². The topological polar surface area (TPSA) is 113 Å². The van der Waals surface area contributed by atoms with Crippen molar-refractivity contribution in [2.75, 3.05) is 14.2 Å². The molecule has 2 N–H and O–H groups in total. The average Bonchev–Trinajstić information content (AvgIpc) is 3.19. The van der Waals surface area contributed by atoms with Crippen LogP contribution in [0.1, 0.15) is 16.7 Å². The Morgan fingerprint density at radius 3 is 1.55 bits per heavy atom. The fraction of sp³-hybridized carbons (Fsp3) is 0.182. The lowest BCUT2D eigenvalue weighted by atomic mass is 9.89. The van der Waals surface area contributed by atoms with E-state index in [0.29, 0.717) is 5.56 Å².